The van der Waals surface area contributed by atoms with E-state index in [1.807, 2.05) is 0 Å². The van der Waals surface area contributed by atoms with Crippen LogP contribution in [0.5, 0.6) is 0 Å². The Balaban J connectivity index is 2.50. The van der Waals surface area contributed by atoms with Gasteiger partial charge >= 0.3 is 5.97 Å². The zero-order valence-electron chi connectivity index (χ0n) is 9.95. The van der Waals surface area contributed by atoms with Gasteiger partial charge < -0.3 is 16.2 Å². The summed E-state index contributed by atoms with van der Waals surface area (Å²) in [7, 11) is 0. The first kappa shape index (κ1) is 15.2. The van der Waals surface area contributed by atoms with E-state index in [0.29, 0.717) is 22.1 Å². The van der Waals surface area contributed by atoms with Gasteiger partial charge in [-0.2, -0.15) is 0 Å². The van der Waals surface area contributed by atoms with Crippen molar-refractivity contribution in [3.63, 3.8) is 0 Å². The fourth-order valence-electron chi connectivity index (χ4n) is 1.65. The first-order valence-corrected chi connectivity index (χ1v) is 7.26. The molecule has 0 atom stereocenters. The van der Waals surface area contributed by atoms with Gasteiger partial charge in [0.05, 0.1) is 22.0 Å². The van der Waals surface area contributed by atoms with Crippen molar-refractivity contribution in [3.05, 3.63) is 49.5 Å². The smallest absolute Gasteiger partial charge is 0.337 e. The molecule has 0 saturated carbocycles. The van der Waals surface area contributed by atoms with Crippen molar-refractivity contribution in [2.75, 3.05) is 11.1 Å². The highest BCUT2D eigenvalue weighted by Crippen LogP contribution is 2.34. The quantitative estimate of drug-likeness (QED) is 0.498. The summed E-state index contributed by atoms with van der Waals surface area (Å²) >= 11 is 14.1. The minimum Gasteiger partial charge on any atom is -0.478 e. The van der Waals surface area contributed by atoms with E-state index in [1.165, 1.54) is 12.1 Å². The summed E-state index contributed by atoms with van der Waals surface area (Å²) in [5, 5.41) is 13.1. The fourth-order valence-corrected chi connectivity index (χ4v) is 2.93. The lowest BCUT2D eigenvalue weighted by molar-refractivity contribution is 0.0698. The second-order valence-electron chi connectivity index (χ2n) is 3.98. The number of benzene rings is 2. The van der Waals surface area contributed by atoms with Crippen LogP contribution < -0.4 is 11.1 Å². The number of carbonyl (C=O) groups is 1. The number of aromatic carboxylic acids is 1. The van der Waals surface area contributed by atoms with Gasteiger partial charge in [0.25, 0.3) is 0 Å². The molecule has 104 valence electrons. The van der Waals surface area contributed by atoms with E-state index >= 15 is 0 Å². The van der Waals surface area contributed by atoms with E-state index in [0.717, 1.165) is 3.57 Å². The molecule has 0 radical (unpaired) electrons. The maximum atomic E-state index is 11.3. The molecule has 0 aliphatic carbocycles. The van der Waals surface area contributed by atoms with Gasteiger partial charge in [-0.15, -0.1) is 0 Å². The van der Waals surface area contributed by atoms with Crippen LogP contribution in [0.2, 0.25) is 10.0 Å². The lowest BCUT2D eigenvalue weighted by Gasteiger charge is -2.14. The SMILES string of the molecule is Nc1cc(Cl)c(Nc2ccc(Cl)cc2I)c(C(=O)O)c1. The summed E-state index contributed by atoms with van der Waals surface area (Å²) in [4.78, 5) is 11.3. The number of nitrogens with two attached hydrogens (primary N) is 1. The molecule has 0 aromatic heterocycles. The van der Waals surface area contributed by atoms with E-state index in [9.17, 15) is 9.90 Å². The van der Waals surface area contributed by atoms with Gasteiger partial charge in [-0.3, -0.25) is 0 Å². The van der Waals surface area contributed by atoms with Crippen LogP contribution in [0.15, 0.2) is 30.3 Å². The van der Waals surface area contributed by atoms with Crippen LogP contribution in [0.1, 0.15) is 10.4 Å². The highest BCUT2D eigenvalue weighted by molar-refractivity contribution is 14.1. The molecule has 2 rings (SSSR count). The molecule has 0 spiro atoms. The average molecular weight is 423 g/mol. The van der Waals surface area contributed by atoms with E-state index < -0.39 is 5.97 Å². The van der Waals surface area contributed by atoms with Crippen LogP contribution in [-0.2, 0) is 0 Å². The normalized spacial score (nSPS) is 10.3. The highest BCUT2D eigenvalue weighted by Gasteiger charge is 2.16. The minimum atomic E-state index is -1.11. The number of rotatable bonds is 3. The Morgan fingerprint density at radius 1 is 1.25 bits per heavy atom. The summed E-state index contributed by atoms with van der Waals surface area (Å²) in [6.45, 7) is 0. The predicted molar refractivity (Wildman–Crippen MR) is 90.3 cm³/mol. The van der Waals surface area contributed by atoms with Gasteiger partial charge in [-0.25, -0.2) is 4.79 Å². The molecular weight excluding hydrogens is 414 g/mol. The second kappa shape index (κ2) is 6.07. The monoisotopic (exact) mass is 422 g/mol. The molecule has 0 fully saturated rings. The van der Waals surface area contributed by atoms with Crippen molar-refractivity contribution in [2.45, 2.75) is 0 Å². The predicted octanol–water partition coefficient (Wildman–Crippen LogP) is 4.62. The molecule has 0 heterocycles. The van der Waals surface area contributed by atoms with E-state index in [2.05, 4.69) is 27.9 Å². The number of nitrogen functional groups attached to an aromatic ring is 1. The molecule has 20 heavy (non-hydrogen) atoms. The summed E-state index contributed by atoms with van der Waals surface area (Å²) in [6, 6.07) is 8.08. The third kappa shape index (κ3) is 3.28. The van der Waals surface area contributed by atoms with Crippen LogP contribution in [0.4, 0.5) is 17.1 Å². The minimum absolute atomic E-state index is 0.0146. The summed E-state index contributed by atoms with van der Waals surface area (Å²) < 4.78 is 0.847. The van der Waals surface area contributed by atoms with Crippen molar-refractivity contribution in [2.24, 2.45) is 0 Å². The zero-order valence-corrected chi connectivity index (χ0v) is 13.6. The van der Waals surface area contributed by atoms with Crippen molar-refractivity contribution in [1.82, 2.24) is 0 Å². The maximum Gasteiger partial charge on any atom is 0.337 e. The molecule has 4 N–H and O–H groups in total. The van der Waals surface area contributed by atoms with Gasteiger partial charge in [0.15, 0.2) is 0 Å². The van der Waals surface area contributed by atoms with Gasteiger partial charge in [-0.05, 0) is 52.9 Å². The lowest BCUT2D eigenvalue weighted by Crippen LogP contribution is -2.05. The molecule has 0 saturated heterocycles. The zero-order chi connectivity index (χ0) is 14.9. The Labute approximate surface area is 139 Å². The summed E-state index contributed by atoms with van der Waals surface area (Å²) in [6.07, 6.45) is 0. The standard InChI is InChI=1S/C13H9Cl2IN2O2/c14-6-1-2-11(10(16)3-6)18-12-8(13(19)20)4-7(17)5-9(12)15/h1-5,18H,17H2,(H,19,20). The molecule has 0 unspecified atom stereocenters. The number of carboxylic acids is 1. The van der Waals surface area contributed by atoms with E-state index in [4.69, 9.17) is 28.9 Å². The number of carboxylic acid groups (broad SMARTS) is 1. The Morgan fingerprint density at radius 3 is 2.55 bits per heavy atom. The van der Waals surface area contributed by atoms with Crippen LogP contribution in [-0.4, -0.2) is 11.1 Å². The molecule has 7 heteroatoms. The second-order valence-corrected chi connectivity index (χ2v) is 5.99. The Hall–Kier alpha value is -1.18. The number of hydrogen-bond donors (Lipinski definition) is 3. The van der Waals surface area contributed by atoms with Gasteiger partial charge in [-0.1, -0.05) is 23.2 Å². The van der Waals surface area contributed by atoms with Gasteiger partial charge in [0.1, 0.15) is 0 Å². The largest absolute Gasteiger partial charge is 0.478 e. The molecule has 2 aromatic rings. The van der Waals surface area contributed by atoms with Crippen molar-refractivity contribution >= 4 is 68.8 Å². The lowest BCUT2D eigenvalue weighted by atomic mass is 10.1. The average Bonchev–Trinajstić information content (AvgIpc) is 2.34. The molecule has 4 nitrogen and oxygen atoms in total. The van der Waals surface area contributed by atoms with Crippen LogP contribution in [0.25, 0.3) is 0 Å². The van der Waals surface area contributed by atoms with Gasteiger partial charge in [0, 0.05) is 14.3 Å². The first-order chi connectivity index (χ1) is 9.38. The molecule has 0 bridgehead atoms. The molecule has 2 aromatic carbocycles. The summed E-state index contributed by atoms with van der Waals surface area (Å²) in [5.74, 6) is -1.11. The molecule has 0 aliphatic rings. The van der Waals surface area contributed by atoms with Gasteiger partial charge in [0.2, 0.25) is 0 Å². The van der Waals surface area contributed by atoms with Crippen molar-refractivity contribution < 1.29 is 9.90 Å². The number of hydrogen-bond acceptors (Lipinski definition) is 3. The third-order valence-electron chi connectivity index (χ3n) is 2.53. The maximum absolute atomic E-state index is 11.3. The number of anilines is 3. The Bertz CT molecular complexity index is 692. The third-order valence-corrected chi connectivity index (χ3v) is 3.96. The number of nitrogens with one attached hydrogen (secondary N) is 1. The van der Waals surface area contributed by atoms with Crippen LogP contribution >= 0.6 is 45.8 Å². The topological polar surface area (TPSA) is 75.3 Å². The molecular formula is C13H9Cl2IN2O2. The first-order valence-electron chi connectivity index (χ1n) is 5.43. The summed E-state index contributed by atoms with van der Waals surface area (Å²) in [5.41, 5.74) is 6.94. The highest BCUT2D eigenvalue weighted by atomic mass is 127. The molecule has 0 amide bonds. The Kier molecular flexibility index (Phi) is 4.62. The fraction of sp³-hybridized carbons (Fsp3) is 0. The van der Waals surface area contributed by atoms with E-state index in [1.54, 1.807) is 18.2 Å². The Morgan fingerprint density at radius 2 is 1.95 bits per heavy atom. The van der Waals surface area contributed by atoms with Crippen LogP contribution in [0, 0.1) is 3.57 Å². The number of halogens is 3. The van der Waals surface area contributed by atoms with Crippen molar-refractivity contribution in [1.29, 1.82) is 0 Å². The molecule has 0 aliphatic heterocycles. The van der Waals surface area contributed by atoms with Crippen molar-refractivity contribution in [3.8, 4) is 0 Å². The van der Waals surface area contributed by atoms with Crippen LogP contribution in [0.3, 0.4) is 0 Å². The van der Waals surface area contributed by atoms with E-state index in [-0.39, 0.29) is 10.6 Å².